The molecule has 0 spiro atoms. The van der Waals surface area contributed by atoms with Crippen LogP contribution in [0.5, 0.6) is 0 Å². The molecule has 0 saturated heterocycles. The molecule has 3 rings (SSSR count). The first-order chi connectivity index (χ1) is 8.81. The van der Waals surface area contributed by atoms with Gasteiger partial charge in [-0.25, -0.2) is 0 Å². The Hall–Kier alpha value is -0.570. The molecule has 2 saturated carbocycles. The maximum Gasteiger partial charge on any atom is 0.0451 e. The zero-order valence-corrected chi connectivity index (χ0v) is 11.5. The minimum Gasteiger partial charge on any atom is -0.314 e. The van der Waals surface area contributed by atoms with Crippen LogP contribution in [-0.4, -0.2) is 18.6 Å². The molecule has 0 unspecified atom stereocenters. The minimum absolute atomic E-state index is 0.737. The van der Waals surface area contributed by atoms with Gasteiger partial charge in [0.25, 0.3) is 0 Å². The molecule has 2 fully saturated rings. The molecular formula is C15H21ClN2. The Morgan fingerprint density at radius 2 is 1.78 bits per heavy atom. The number of halogens is 1. The van der Waals surface area contributed by atoms with E-state index in [0.29, 0.717) is 0 Å². The molecule has 2 aliphatic carbocycles. The second-order valence-corrected chi connectivity index (χ2v) is 5.97. The van der Waals surface area contributed by atoms with Gasteiger partial charge in [0.2, 0.25) is 0 Å². The first-order valence-electron chi connectivity index (χ1n) is 7.05. The lowest BCUT2D eigenvalue weighted by molar-refractivity contribution is 0.676. The third kappa shape index (κ3) is 3.71. The van der Waals surface area contributed by atoms with E-state index in [1.54, 1.807) is 0 Å². The van der Waals surface area contributed by atoms with Crippen molar-refractivity contribution in [1.82, 2.24) is 10.6 Å². The number of nitrogens with one attached hydrogen (secondary N) is 2. The Morgan fingerprint density at radius 3 is 2.50 bits per heavy atom. The van der Waals surface area contributed by atoms with Gasteiger partial charge in [-0.3, -0.25) is 0 Å². The van der Waals surface area contributed by atoms with Crippen molar-refractivity contribution in [1.29, 1.82) is 0 Å². The summed E-state index contributed by atoms with van der Waals surface area (Å²) in [5.74, 6) is 0. The van der Waals surface area contributed by atoms with Crippen molar-refractivity contribution in [2.75, 3.05) is 6.54 Å². The Balaban J connectivity index is 1.53. The molecule has 0 atom stereocenters. The van der Waals surface area contributed by atoms with E-state index in [0.717, 1.165) is 36.6 Å². The highest BCUT2D eigenvalue weighted by atomic mass is 35.5. The quantitative estimate of drug-likeness (QED) is 0.791. The molecule has 2 nitrogen and oxygen atoms in total. The van der Waals surface area contributed by atoms with E-state index in [2.05, 4.69) is 22.8 Å². The molecule has 0 radical (unpaired) electrons. The zero-order valence-electron chi connectivity index (χ0n) is 10.7. The lowest BCUT2D eigenvalue weighted by Gasteiger charge is -2.09. The van der Waals surface area contributed by atoms with Crippen LogP contribution in [-0.2, 0) is 13.0 Å². The van der Waals surface area contributed by atoms with Gasteiger partial charge in [0, 0.05) is 23.7 Å². The predicted octanol–water partition coefficient (Wildman–Crippen LogP) is 2.89. The number of hydrogen-bond donors (Lipinski definition) is 2. The van der Waals surface area contributed by atoms with Crippen molar-refractivity contribution in [2.24, 2.45) is 0 Å². The number of benzene rings is 1. The van der Waals surface area contributed by atoms with Gasteiger partial charge in [-0.15, -0.1) is 0 Å². The normalized spacial score (nSPS) is 19.2. The molecule has 2 N–H and O–H groups in total. The Labute approximate surface area is 114 Å². The van der Waals surface area contributed by atoms with Crippen LogP contribution in [0.3, 0.4) is 0 Å². The van der Waals surface area contributed by atoms with Crippen molar-refractivity contribution in [3.8, 4) is 0 Å². The summed E-state index contributed by atoms with van der Waals surface area (Å²) in [6.45, 7) is 2.00. The van der Waals surface area contributed by atoms with Crippen molar-refractivity contribution in [3.05, 3.63) is 34.3 Å². The van der Waals surface area contributed by atoms with Crippen LogP contribution in [0, 0.1) is 0 Å². The standard InChI is InChI=1S/C15H21ClN2/c16-15-6-1-11(7-8-17-13-2-3-13)9-12(15)10-18-14-4-5-14/h1,6,9,13-14,17-18H,2-5,7-8,10H2. The monoisotopic (exact) mass is 264 g/mol. The Kier molecular flexibility index (Phi) is 3.88. The van der Waals surface area contributed by atoms with E-state index in [-0.39, 0.29) is 0 Å². The van der Waals surface area contributed by atoms with E-state index >= 15 is 0 Å². The first kappa shape index (κ1) is 12.5. The fourth-order valence-corrected chi connectivity index (χ4v) is 2.35. The van der Waals surface area contributed by atoms with Crippen molar-refractivity contribution in [3.63, 3.8) is 0 Å². The third-order valence-corrected chi connectivity index (χ3v) is 4.06. The molecule has 1 aromatic carbocycles. The van der Waals surface area contributed by atoms with E-state index < -0.39 is 0 Å². The van der Waals surface area contributed by atoms with E-state index in [1.165, 1.54) is 36.8 Å². The van der Waals surface area contributed by atoms with Gasteiger partial charge in [-0.05, 0) is 55.8 Å². The highest BCUT2D eigenvalue weighted by Gasteiger charge is 2.21. The summed E-state index contributed by atoms with van der Waals surface area (Å²) < 4.78 is 0. The van der Waals surface area contributed by atoms with Crippen LogP contribution in [0.4, 0.5) is 0 Å². The third-order valence-electron chi connectivity index (χ3n) is 3.69. The molecule has 0 amide bonds. The largest absolute Gasteiger partial charge is 0.314 e. The van der Waals surface area contributed by atoms with Gasteiger partial charge in [-0.1, -0.05) is 23.7 Å². The highest BCUT2D eigenvalue weighted by molar-refractivity contribution is 6.31. The molecule has 0 heterocycles. The van der Waals surface area contributed by atoms with Crippen LogP contribution in [0.15, 0.2) is 18.2 Å². The fraction of sp³-hybridized carbons (Fsp3) is 0.600. The van der Waals surface area contributed by atoms with E-state index in [9.17, 15) is 0 Å². The fourth-order valence-electron chi connectivity index (χ4n) is 2.17. The Morgan fingerprint density at radius 1 is 1.06 bits per heavy atom. The zero-order chi connectivity index (χ0) is 12.4. The number of hydrogen-bond acceptors (Lipinski definition) is 2. The molecule has 3 heteroatoms. The van der Waals surface area contributed by atoms with Crippen LogP contribution >= 0.6 is 11.6 Å². The van der Waals surface area contributed by atoms with Crippen LogP contribution in [0.25, 0.3) is 0 Å². The lowest BCUT2D eigenvalue weighted by Crippen LogP contribution is -2.19. The topological polar surface area (TPSA) is 24.1 Å². The summed E-state index contributed by atoms with van der Waals surface area (Å²) in [5, 5.41) is 7.97. The molecule has 98 valence electrons. The van der Waals surface area contributed by atoms with Gasteiger partial charge in [0.15, 0.2) is 0 Å². The van der Waals surface area contributed by atoms with E-state index in [4.69, 9.17) is 11.6 Å². The first-order valence-corrected chi connectivity index (χ1v) is 7.43. The van der Waals surface area contributed by atoms with Crippen molar-refractivity contribution >= 4 is 11.6 Å². The number of rotatable bonds is 7. The molecule has 1 aromatic rings. The molecule has 0 bridgehead atoms. The molecule has 2 aliphatic rings. The predicted molar refractivity (Wildman–Crippen MR) is 76.0 cm³/mol. The summed E-state index contributed by atoms with van der Waals surface area (Å²) >= 11 is 6.24. The maximum atomic E-state index is 6.24. The summed E-state index contributed by atoms with van der Waals surface area (Å²) in [5.41, 5.74) is 2.63. The minimum atomic E-state index is 0.737. The summed E-state index contributed by atoms with van der Waals surface area (Å²) in [6, 6.07) is 7.98. The van der Waals surface area contributed by atoms with Gasteiger partial charge in [-0.2, -0.15) is 0 Å². The molecular weight excluding hydrogens is 244 g/mol. The smallest absolute Gasteiger partial charge is 0.0451 e. The van der Waals surface area contributed by atoms with Crippen LogP contribution < -0.4 is 10.6 Å². The second kappa shape index (κ2) is 5.60. The summed E-state index contributed by atoms with van der Waals surface area (Å²) in [4.78, 5) is 0. The van der Waals surface area contributed by atoms with Crippen LogP contribution in [0.1, 0.15) is 36.8 Å². The lowest BCUT2D eigenvalue weighted by atomic mass is 10.1. The molecule has 0 aliphatic heterocycles. The Bertz CT molecular complexity index is 411. The highest BCUT2D eigenvalue weighted by Crippen LogP contribution is 2.23. The average Bonchev–Trinajstić information content (AvgIpc) is 3.24. The summed E-state index contributed by atoms with van der Waals surface area (Å²) in [6.07, 6.45) is 6.46. The van der Waals surface area contributed by atoms with Crippen LogP contribution in [0.2, 0.25) is 5.02 Å². The maximum absolute atomic E-state index is 6.24. The second-order valence-electron chi connectivity index (χ2n) is 5.56. The molecule has 18 heavy (non-hydrogen) atoms. The molecule has 0 aromatic heterocycles. The van der Waals surface area contributed by atoms with Crippen molar-refractivity contribution < 1.29 is 0 Å². The SMILES string of the molecule is Clc1ccc(CCNC2CC2)cc1CNC1CC1. The van der Waals surface area contributed by atoms with Crippen molar-refractivity contribution in [2.45, 2.75) is 50.7 Å². The van der Waals surface area contributed by atoms with E-state index in [1.807, 2.05) is 6.07 Å². The average molecular weight is 265 g/mol. The van der Waals surface area contributed by atoms with Gasteiger partial charge in [0.05, 0.1) is 0 Å². The summed E-state index contributed by atoms with van der Waals surface area (Å²) in [7, 11) is 0. The van der Waals surface area contributed by atoms with Gasteiger partial charge >= 0.3 is 0 Å². The van der Waals surface area contributed by atoms with Gasteiger partial charge in [0.1, 0.15) is 0 Å². The van der Waals surface area contributed by atoms with Gasteiger partial charge < -0.3 is 10.6 Å².